The predicted octanol–water partition coefficient (Wildman–Crippen LogP) is 3.24. The van der Waals surface area contributed by atoms with Gasteiger partial charge in [0.25, 0.3) is 0 Å². The Balaban J connectivity index is 1.60. The molecular formula is C28H39N3O5S. The summed E-state index contributed by atoms with van der Waals surface area (Å²) in [6.07, 6.45) is 3.22. The first kappa shape index (κ1) is 27.6. The number of ether oxygens (including phenoxy) is 1. The molecule has 0 aliphatic carbocycles. The number of anilines is 1. The number of carboxylic acids is 1. The highest BCUT2D eigenvalue weighted by Gasteiger charge is 2.42. The fraction of sp³-hybridized carbons (Fsp3) is 0.536. The molecule has 9 heteroatoms. The average molecular weight is 530 g/mol. The molecule has 0 saturated carbocycles. The molecule has 2 fully saturated rings. The Bertz CT molecular complexity index is 1170. The number of sulfonamides is 1. The molecule has 0 aromatic heterocycles. The van der Waals surface area contributed by atoms with Gasteiger partial charge in [-0.1, -0.05) is 32.0 Å². The Labute approximate surface area is 220 Å². The Kier molecular flexibility index (Phi) is 8.90. The quantitative estimate of drug-likeness (QED) is 0.461. The highest BCUT2D eigenvalue weighted by molar-refractivity contribution is 7.89. The number of aryl methyl sites for hydroxylation is 1. The van der Waals surface area contributed by atoms with E-state index >= 15 is 0 Å². The van der Waals surface area contributed by atoms with Gasteiger partial charge in [-0.05, 0) is 66.6 Å². The minimum atomic E-state index is -3.72. The van der Waals surface area contributed by atoms with E-state index in [1.165, 1.54) is 18.9 Å². The van der Waals surface area contributed by atoms with Crippen LogP contribution in [0.15, 0.2) is 47.4 Å². The van der Waals surface area contributed by atoms with E-state index < -0.39 is 21.4 Å². The summed E-state index contributed by atoms with van der Waals surface area (Å²) in [5.74, 6) is -0.933. The molecule has 202 valence electrons. The van der Waals surface area contributed by atoms with Crippen molar-refractivity contribution in [3.63, 3.8) is 0 Å². The zero-order valence-electron chi connectivity index (χ0n) is 21.9. The maximum Gasteiger partial charge on any atom is 0.318 e. The molecule has 37 heavy (non-hydrogen) atoms. The van der Waals surface area contributed by atoms with Crippen LogP contribution in [0, 0.1) is 0 Å². The van der Waals surface area contributed by atoms with Crippen LogP contribution in [0.1, 0.15) is 49.8 Å². The number of carbonyl (C=O) groups is 1. The Hall–Kier alpha value is -2.46. The van der Waals surface area contributed by atoms with Crippen LogP contribution in [0.3, 0.4) is 0 Å². The molecule has 2 saturated heterocycles. The van der Waals surface area contributed by atoms with E-state index in [-0.39, 0.29) is 4.90 Å². The molecule has 0 radical (unpaired) electrons. The Morgan fingerprint density at radius 3 is 2.30 bits per heavy atom. The minimum absolute atomic E-state index is 0.162. The summed E-state index contributed by atoms with van der Waals surface area (Å²) in [4.78, 5) is 17.5. The third kappa shape index (κ3) is 5.85. The number of hydrogen-bond donors (Lipinski definition) is 2. The maximum atomic E-state index is 13.1. The SMILES string of the molecule is CCc1cc(S(=O)(=O)NCCN2CCOCC2)ccc1[C@](CC)(C(=O)O)c1ccc(N2CCCC2)cc1. The zero-order chi connectivity index (χ0) is 26.5. The van der Waals surface area contributed by atoms with Crippen LogP contribution in [-0.4, -0.2) is 76.9 Å². The molecule has 2 heterocycles. The molecule has 0 amide bonds. The second kappa shape index (κ2) is 11.9. The van der Waals surface area contributed by atoms with Gasteiger partial charge in [-0.3, -0.25) is 9.69 Å². The van der Waals surface area contributed by atoms with Gasteiger partial charge in [0.2, 0.25) is 10.0 Å². The van der Waals surface area contributed by atoms with Crippen LogP contribution >= 0.6 is 0 Å². The van der Waals surface area contributed by atoms with Crippen molar-refractivity contribution in [1.82, 2.24) is 9.62 Å². The van der Waals surface area contributed by atoms with E-state index in [9.17, 15) is 18.3 Å². The molecule has 0 unspecified atom stereocenters. The lowest BCUT2D eigenvalue weighted by molar-refractivity contribution is -0.142. The van der Waals surface area contributed by atoms with Crippen LogP contribution in [0.25, 0.3) is 0 Å². The highest BCUT2D eigenvalue weighted by atomic mass is 32.2. The van der Waals surface area contributed by atoms with E-state index in [0.29, 0.717) is 50.3 Å². The number of nitrogens with one attached hydrogen (secondary N) is 1. The minimum Gasteiger partial charge on any atom is -0.480 e. The molecule has 2 aromatic rings. The van der Waals surface area contributed by atoms with Crippen molar-refractivity contribution < 1.29 is 23.1 Å². The van der Waals surface area contributed by atoms with E-state index in [4.69, 9.17) is 4.74 Å². The molecule has 8 nitrogen and oxygen atoms in total. The highest BCUT2D eigenvalue weighted by Crippen LogP contribution is 2.40. The first-order valence-corrected chi connectivity index (χ1v) is 14.8. The zero-order valence-corrected chi connectivity index (χ0v) is 22.7. The van der Waals surface area contributed by atoms with Crippen LogP contribution < -0.4 is 9.62 Å². The summed E-state index contributed by atoms with van der Waals surface area (Å²) in [6, 6.07) is 12.7. The fourth-order valence-corrected chi connectivity index (χ4v) is 6.64. The van der Waals surface area contributed by atoms with Crippen molar-refractivity contribution in [3.8, 4) is 0 Å². The largest absolute Gasteiger partial charge is 0.480 e. The third-order valence-corrected chi connectivity index (χ3v) is 9.24. The number of benzene rings is 2. The van der Waals surface area contributed by atoms with Crippen molar-refractivity contribution in [2.45, 2.75) is 49.8 Å². The van der Waals surface area contributed by atoms with Gasteiger partial charge in [0, 0.05) is 45.0 Å². The molecule has 0 spiro atoms. The van der Waals surface area contributed by atoms with Crippen molar-refractivity contribution in [2.75, 3.05) is 57.4 Å². The molecule has 2 N–H and O–H groups in total. The van der Waals surface area contributed by atoms with Gasteiger partial charge in [0.15, 0.2) is 0 Å². The molecule has 2 aliphatic rings. The van der Waals surface area contributed by atoms with Crippen molar-refractivity contribution in [2.24, 2.45) is 0 Å². The van der Waals surface area contributed by atoms with Gasteiger partial charge >= 0.3 is 5.97 Å². The lowest BCUT2D eigenvalue weighted by Gasteiger charge is -2.32. The number of carboxylic acid groups (broad SMARTS) is 1. The van der Waals surface area contributed by atoms with Crippen LogP contribution in [0.2, 0.25) is 0 Å². The van der Waals surface area contributed by atoms with Crippen molar-refractivity contribution in [1.29, 1.82) is 0 Å². The number of morpholine rings is 1. The van der Waals surface area contributed by atoms with E-state index in [2.05, 4.69) is 14.5 Å². The average Bonchev–Trinajstić information content (AvgIpc) is 3.45. The predicted molar refractivity (Wildman–Crippen MR) is 145 cm³/mol. The van der Waals surface area contributed by atoms with E-state index in [0.717, 1.165) is 37.4 Å². The van der Waals surface area contributed by atoms with E-state index in [1.54, 1.807) is 12.1 Å². The van der Waals surface area contributed by atoms with Gasteiger partial charge in [-0.25, -0.2) is 13.1 Å². The molecular weight excluding hydrogens is 490 g/mol. The van der Waals surface area contributed by atoms with Crippen LogP contribution in [0.5, 0.6) is 0 Å². The molecule has 2 aliphatic heterocycles. The summed E-state index contributed by atoms with van der Waals surface area (Å²) in [5.41, 5.74) is 1.92. The summed E-state index contributed by atoms with van der Waals surface area (Å²) in [7, 11) is -3.72. The van der Waals surface area contributed by atoms with Gasteiger partial charge in [0.05, 0.1) is 18.1 Å². The summed E-state index contributed by atoms with van der Waals surface area (Å²) in [5, 5.41) is 10.5. The second-order valence-electron chi connectivity index (χ2n) is 9.83. The van der Waals surface area contributed by atoms with Crippen LogP contribution in [-0.2, 0) is 31.4 Å². The summed E-state index contributed by atoms with van der Waals surface area (Å²) in [6.45, 7) is 9.69. The smallest absolute Gasteiger partial charge is 0.318 e. The Morgan fingerprint density at radius 2 is 1.70 bits per heavy atom. The number of aliphatic carboxylic acids is 1. The van der Waals surface area contributed by atoms with Gasteiger partial charge in [0.1, 0.15) is 5.41 Å². The van der Waals surface area contributed by atoms with E-state index in [1.807, 2.05) is 38.1 Å². The number of rotatable bonds is 11. The maximum absolute atomic E-state index is 13.1. The molecule has 1 atom stereocenters. The number of nitrogens with zero attached hydrogens (tertiary/aromatic N) is 2. The Morgan fingerprint density at radius 1 is 1.03 bits per heavy atom. The second-order valence-corrected chi connectivity index (χ2v) is 11.6. The summed E-state index contributed by atoms with van der Waals surface area (Å²) >= 11 is 0. The lowest BCUT2D eigenvalue weighted by Crippen LogP contribution is -2.41. The van der Waals surface area contributed by atoms with Crippen molar-refractivity contribution >= 4 is 21.7 Å². The normalized spacial score (nSPS) is 18.6. The molecule has 4 rings (SSSR count). The van der Waals surface area contributed by atoms with Gasteiger partial charge in [-0.2, -0.15) is 0 Å². The lowest BCUT2D eigenvalue weighted by atomic mass is 9.70. The topological polar surface area (TPSA) is 99.2 Å². The monoisotopic (exact) mass is 529 g/mol. The third-order valence-electron chi connectivity index (χ3n) is 7.78. The van der Waals surface area contributed by atoms with Gasteiger partial charge in [-0.15, -0.1) is 0 Å². The molecule has 2 aromatic carbocycles. The van der Waals surface area contributed by atoms with Gasteiger partial charge < -0.3 is 14.7 Å². The standard InChI is InChI=1S/C28H39N3O5S/c1-3-22-21-25(37(34,35)29-13-16-30-17-19-36-20-18-30)11-12-26(22)28(4-2,27(32)33)23-7-9-24(10-8-23)31-14-5-6-15-31/h7-12,21,29H,3-6,13-20H2,1-2H3,(H,32,33)/t28-/m1/s1. The van der Waals surface area contributed by atoms with Crippen molar-refractivity contribution in [3.05, 3.63) is 59.2 Å². The number of hydrogen-bond acceptors (Lipinski definition) is 6. The summed E-state index contributed by atoms with van der Waals surface area (Å²) < 4.78 is 34.2. The first-order chi connectivity index (χ1) is 17.8. The fourth-order valence-electron chi connectivity index (χ4n) is 5.56. The molecule has 0 bridgehead atoms. The first-order valence-electron chi connectivity index (χ1n) is 13.3. The van der Waals surface area contributed by atoms with Crippen LogP contribution in [0.4, 0.5) is 5.69 Å².